The number of hydrogen-bond acceptors (Lipinski definition) is 13. The van der Waals surface area contributed by atoms with Crippen molar-refractivity contribution in [1.82, 2.24) is 46.9 Å². The van der Waals surface area contributed by atoms with E-state index in [0.717, 1.165) is 16.5 Å². The molecule has 0 radical (unpaired) electrons. The number of rotatable bonds is 31. The number of benzene rings is 1. The van der Waals surface area contributed by atoms with E-state index < -0.39 is 115 Å². The van der Waals surface area contributed by atoms with Gasteiger partial charge in [-0.2, -0.15) is 0 Å². The highest BCUT2D eigenvalue weighted by Gasteiger charge is 2.33. The Labute approximate surface area is 384 Å². The maximum absolute atomic E-state index is 13.9. The summed E-state index contributed by atoms with van der Waals surface area (Å²) in [5.74, 6) is -9.16. The van der Waals surface area contributed by atoms with Crippen LogP contribution in [0.15, 0.2) is 48.0 Å². The van der Waals surface area contributed by atoms with Gasteiger partial charge in [0.05, 0.1) is 18.9 Å². The van der Waals surface area contributed by atoms with Crippen LogP contribution in [0.25, 0.3) is 10.9 Å². The summed E-state index contributed by atoms with van der Waals surface area (Å²) in [4.78, 5) is 130. The highest BCUT2D eigenvalue weighted by Crippen LogP contribution is 2.19. The third-order valence-electron chi connectivity index (χ3n) is 10.2. The zero-order chi connectivity index (χ0) is 49.5. The molecule has 0 aliphatic rings. The summed E-state index contributed by atoms with van der Waals surface area (Å²) in [6.45, 7) is -0.330. The number of hydrogen-bond donors (Lipinski definition) is 15. The van der Waals surface area contributed by atoms with Crippen LogP contribution in [0.3, 0.4) is 0 Å². The molecule has 3 aromatic rings. The Kier molecular flexibility index (Phi) is 22.2. The van der Waals surface area contributed by atoms with Crippen molar-refractivity contribution in [3.8, 4) is 0 Å². The minimum Gasteiger partial charge on any atom is -0.481 e. The summed E-state index contributed by atoms with van der Waals surface area (Å²) in [6, 6.07) is -1.04. The van der Waals surface area contributed by atoms with Crippen LogP contribution in [0, 0.1) is 0 Å². The van der Waals surface area contributed by atoms with E-state index in [1.54, 1.807) is 6.20 Å². The number of guanidine groups is 1. The van der Waals surface area contributed by atoms with Gasteiger partial charge in [0.2, 0.25) is 41.4 Å². The molecular formula is C41H61N15O11. The molecule has 6 atom stereocenters. The molecule has 20 N–H and O–H groups in total. The number of nitrogens with zero attached hydrogens (tertiary/aromatic N) is 2. The number of aromatic amines is 2. The van der Waals surface area contributed by atoms with Gasteiger partial charge in [-0.25, -0.2) is 9.78 Å². The molecule has 0 unspecified atom stereocenters. The lowest BCUT2D eigenvalue weighted by molar-refractivity contribution is -0.142. The van der Waals surface area contributed by atoms with Gasteiger partial charge < -0.3 is 80.8 Å². The molecule has 7 amide bonds. The Balaban J connectivity index is 1.77. The first-order chi connectivity index (χ1) is 31.9. The topological polar surface area (TPSA) is 453 Å². The minimum absolute atomic E-state index is 0.0603. The van der Waals surface area contributed by atoms with Crippen LogP contribution >= 0.6 is 0 Å². The SMILES string of the molecule is NCCCC[C@H](NC(=O)[C@H](CCC(=O)O)NC(=O)[C@H](Cc1cnc[nH]1)NC(=O)CNC(=O)[C@@H](N)Cc1c[nH]c2ccccc12)C(=O)N[C@@H](CCC(N)=O)C(=O)N[C@@H](CCCN=C(N)N)C(=O)O. The molecule has 0 fully saturated rings. The number of unbranched alkanes of at least 4 members (excludes halogenated alkanes) is 1. The molecule has 26 heteroatoms. The molecule has 1 aromatic carbocycles. The molecule has 366 valence electrons. The summed E-state index contributed by atoms with van der Waals surface area (Å²) in [5, 5.41) is 34.8. The fraction of sp³-hybridized carbons (Fsp3) is 0.488. The highest BCUT2D eigenvalue weighted by atomic mass is 16.4. The minimum atomic E-state index is -1.61. The average molecular weight is 940 g/mol. The standard InChI is InChI=1S/C41H61N15O11/c42-14-4-3-8-27(36(62)54-28(10-12-32(44)57)38(64)56-30(40(66)67)9-5-15-48-41(45)46)53-37(63)29(11-13-34(59)60)55-39(65)31(17-23-19-47-21-51-23)52-33(58)20-50-35(61)25(43)16-22-18-49-26-7-2-1-6-24(22)26/h1-2,6-7,18-19,21,25,27-31,49H,3-5,8-17,20,42-43H2,(H2,44,57)(H,47,51)(H,50,61)(H,52,58)(H,53,63)(H,54,62)(H,55,65)(H,56,64)(H,59,60)(H,66,67)(H4,45,46,48)/t25-,27-,28-,29-,30-,31-/m0/s1. The van der Waals surface area contributed by atoms with Crippen molar-refractivity contribution in [2.24, 2.45) is 33.7 Å². The number of fused-ring (bicyclic) bond motifs is 1. The number of carboxylic acid groups (broad SMARTS) is 2. The van der Waals surface area contributed by atoms with E-state index in [4.69, 9.17) is 28.7 Å². The number of para-hydroxylation sites is 1. The van der Waals surface area contributed by atoms with Crippen LogP contribution in [0.5, 0.6) is 0 Å². The van der Waals surface area contributed by atoms with Gasteiger partial charge in [0.15, 0.2) is 5.96 Å². The van der Waals surface area contributed by atoms with Crippen molar-refractivity contribution in [3.63, 3.8) is 0 Å². The fourth-order valence-electron chi connectivity index (χ4n) is 6.70. The van der Waals surface area contributed by atoms with Crippen LogP contribution in [0.2, 0.25) is 0 Å². The first-order valence-corrected chi connectivity index (χ1v) is 21.4. The highest BCUT2D eigenvalue weighted by molar-refractivity contribution is 5.97. The Bertz CT molecular complexity index is 2190. The number of H-pyrrole nitrogens is 2. The monoisotopic (exact) mass is 939 g/mol. The molecule has 0 saturated heterocycles. The van der Waals surface area contributed by atoms with Gasteiger partial charge in [-0.15, -0.1) is 0 Å². The lowest BCUT2D eigenvalue weighted by Crippen LogP contribution is -2.59. The Hall–Kier alpha value is -7.61. The zero-order valence-corrected chi connectivity index (χ0v) is 36.8. The van der Waals surface area contributed by atoms with Crippen LogP contribution in [-0.4, -0.2) is 140 Å². The quantitative estimate of drug-likeness (QED) is 0.0166. The number of nitrogens with one attached hydrogen (secondary N) is 8. The van der Waals surface area contributed by atoms with Crippen LogP contribution in [0.1, 0.15) is 69.0 Å². The van der Waals surface area contributed by atoms with E-state index in [1.165, 1.54) is 12.5 Å². The molecule has 2 aromatic heterocycles. The Morgan fingerprint density at radius 3 is 1.87 bits per heavy atom. The van der Waals surface area contributed by atoms with Crippen molar-refractivity contribution in [1.29, 1.82) is 0 Å². The predicted octanol–water partition coefficient (Wildman–Crippen LogP) is -4.06. The van der Waals surface area contributed by atoms with E-state index in [1.807, 2.05) is 24.3 Å². The molecular weight excluding hydrogens is 879 g/mol. The first-order valence-electron chi connectivity index (χ1n) is 21.4. The van der Waals surface area contributed by atoms with E-state index in [2.05, 4.69) is 51.8 Å². The number of imidazole rings is 1. The first kappa shape index (κ1) is 53.7. The molecule has 3 rings (SSSR count). The summed E-state index contributed by atoms with van der Waals surface area (Å²) in [6.07, 6.45) is 3.13. The second-order valence-electron chi connectivity index (χ2n) is 15.5. The zero-order valence-electron chi connectivity index (χ0n) is 36.8. The van der Waals surface area contributed by atoms with Gasteiger partial charge in [0.1, 0.15) is 30.2 Å². The molecule has 0 aliphatic heterocycles. The lowest BCUT2D eigenvalue weighted by atomic mass is 10.0. The molecule has 0 saturated carbocycles. The van der Waals surface area contributed by atoms with Crippen LogP contribution in [-0.2, 0) is 56.0 Å². The second kappa shape index (κ2) is 27.7. The summed E-state index contributed by atoms with van der Waals surface area (Å²) >= 11 is 0. The lowest BCUT2D eigenvalue weighted by Gasteiger charge is -2.27. The second-order valence-corrected chi connectivity index (χ2v) is 15.5. The van der Waals surface area contributed by atoms with Gasteiger partial charge in [-0.05, 0) is 69.5 Å². The van der Waals surface area contributed by atoms with Gasteiger partial charge in [-0.3, -0.25) is 43.3 Å². The van der Waals surface area contributed by atoms with Crippen molar-refractivity contribution >= 4 is 70.2 Å². The van der Waals surface area contributed by atoms with Gasteiger partial charge in [0, 0.05) is 54.8 Å². The summed E-state index contributed by atoms with van der Waals surface area (Å²) in [7, 11) is 0. The number of aromatic nitrogens is 3. The average Bonchev–Trinajstić information content (AvgIpc) is 3.95. The predicted molar refractivity (Wildman–Crippen MR) is 241 cm³/mol. The normalized spacial score (nSPS) is 13.6. The smallest absolute Gasteiger partial charge is 0.326 e. The van der Waals surface area contributed by atoms with E-state index >= 15 is 0 Å². The molecule has 0 spiro atoms. The molecule has 0 aliphatic carbocycles. The fourth-order valence-corrected chi connectivity index (χ4v) is 6.70. The maximum atomic E-state index is 13.9. The van der Waals surface area contributed by atoms with Gasteiger partial charge in [0.25, 0.3) is 0 Å². The third-order valence-corrected chi connectivity index (χ3v) is 10.2. The number of aliphatic imine (C=N–C) groups is 1. The van der Waals surface area contributed by atoms with Crippen LogP contribution in [0.4, 0.5) is 0 Å². The van der Waals surface area contributed by atoms with E-state index in [0.29, 0.717) is 12.1 Å². The summed E-state index contributed by atoms with van der Waals surface area (Å²) in [5.41, 5.74) is 29.8. The van der Waals surface area contributed by atoms with E-state index in [-0.39, 0.29) is 64.0 Å². The number of primary amides is 1. The number of carbonyl (C=O) groups is 9. The van der Waals surface area contributed by atoms with Crippen molar-refractivity contribution in [3.05, 3.63) is 54.2 Å². The molecule has 2 heterocycles. The maximum Gasteiger partial charge on any atom is 0.326 e. The number of nitrogens with two attached hydrogens (primary N) is 5. The van der Waals surface area contributed by atoms with Crippen molar-refractivity contribution < 1.29 is 53.4 Å². The third kappa shape index (κ3) is 19.2. The molecule has 67 heavy (non-hydrogen) atoms. The number of carboxylic acids is 2. The number of amides is 7. The van der Waals surface area contributed by atoms with Crippen LogP contribution < -0.4 is 60.6 Å². The Morgan fingerprint density at radius 1 is 0.687 bits per heavy atom. The molecule has 0 bridgehead atoms. The summed E-state index contributed by atoms with van der Waals surface area (Å²) < 4.78 is 0. The number of aliphatic carboxylic acids is 2. The number of carbonyl (C=O) groups excluding carboxylic acids is 7. The molecule has 26 nitrogen and oxygen atoms in total. The largest absolute Gasteiger partial charge is 0.481 e. The van der Waals surface area contributed by atoms with Gasteiger partial charge in [-0.1, -0.05) is 18.2 Å². The van der Waals surface area contributed by atoms with Crippen molar-refractivity contribution in [2.45, 2.75) is 107 Å². The van der Waals surface area contributed by atoms with Gasteiger partial charge >= 0.3 is 11.9 Å². The van der Waals surface area contributed by atoms with Crippen molar-refractivity contribution in [2.75, 3.05) is 19.6 Å². The van der Waals surface area contributed by atoms with E-state index in [9.17, 15) is 53.4 Å². The Morgan fingerprint density at radius 2 is 1.28 bits per heavy atom.